The van der Waals surface area contributed by atoms with Gasteiger partial charge in [0.15, 0.2) is 0 Å². The number of ether oxygens (including phenoxy) is 1. The molecule has 0 radical (unpaired) electrons. The quantitative estimate of drug-likeness (QED) is 0.246. The molecule has 0 amide bonds. The van der Waals surface area contributed by atoms with Crippen molar-refractivity contribution in [1.29, 1.82) is 0 Å². The molecule has 3 aromatic carbocycles. The zero-order chi connectivity index (χ0) is 24.8. The predicted octanol–water partition coefficient (Wildman–Crippen LogP) is 8.06. The molecule has 0 aliphatic heterocycles. The lowest BCUT2D eigenvalue weighted by molar-refractivity contribution is -0.274. The first-order valence-corrected chi connectivity index (χ1v) is 10.1. The van der Waals surface area contributed by atoms with Gasteiger partial charge in [0, 0.05) is 6.42 Å². The molecule has 34 heavy (non-hydrogen) atoms. The van der Waals surface area contributed by atoms with Gasteiger partial charge < -0.3 is 4.74 Å². The molecule has 0 heterocycles. The number of allylic oxidation sites excluding steroid dienone is 4. The second kappa shape index (κ2) is 10.6. The minimum Gasteiger partial charge on any atom is -0.406 e. The first-order chi connectivity index (χ1) is 16.0. The summed E-state index contributed by atoms with van der Waals surface area (Å²) in [7, 11) is 0. The summed E-state index contributed by atoms with van der Waals surface area (Å²) in [5.41, 5.74) is 0.798. The van der Waals surface area contributed by atoms with Crippen molar-refractivity contribution in [2.45, 2.75) is 25.4 Å². The Hall–Kier alpha value is -3.55. The Morgan fingerprint density at radius 2 is 1.47 bits per heavy atom. The Bertz CT molecular complexity index is 1140. The number of alkyl halides is 6. The van der Waals surface area contributed by atoms with Crippen LogP contribution in [0.5, 0.6) is 5.75 Å². The van der Waals surface area contributed by atoms with Crippen LogP contribution in [0.25, 0.3) is 5.57 Å². The Labute approximate surface area is 191 Å². The van der Waals surface area contributed by atoms with Gasteiger partial charge in [-0.15, -0.1) is 13.2 Å². The van der Waals surface area contributed by atoms with Crippen molar-refractivity contribution in [3.8, 4) is 5.75 Å². The lowest BCUT2D eigenvalue weighted by atomic mass is 10.0. The fourth-order valence-electron chi connectivity index (χ4n) is 3.27. The van der Waals surface area contributed by atoms with Crippen LogP contribution in [-0.2, 0) is 12.8 Å². The number of halogens is 7. The van der Waals surface area contributed by atoms with Crippen LogP contribution in [0.3, 0.4) is 0 Å². The second-order valence-electron chi connectivity index (χ2n) is 7.37. The third kappa shape index (κ3) is 7.50. The minimum absolute atomic E-state index is 0.266. The lowest BCUT2D eigenvalue weighted by Crippen LogP contribution is -2.17. The van der Waals surface area contributed by atoms with Crippen LogP contribution in [0.15, 0.2) is 91.0 Å². The summed E-state index contributed by atoms with van der Waals surface area (Å²) in [4.78, 5) is 0. The van der Waals surface area contributed by atoms with E-state index in [0.717, 1.165) is 41.5 Å². The Morgan fingerprint density at radius 3 is 2.09 bits per heavy atom. The number of benzene rings is 3. The highest BCUT2D eigenvalue weighted by Gasteiger charge is 2.35. The van der Waals surface area contributed by atoms with Crippen molar-refractivity contribution in [3.05, 3.63) is 119 Å². The standard InChI is InChI=1S/C26H19F7O/c27-24-15-10-19(17-21(24)16-18-6-2-1-3-7-18)8-4-5-9-23(25(28,29)30)20-11-13-22(14-12-20)34-26(31,32)33/h1-7,9-15,17H,8,16H2. The van der Waals surface area contributed by atoms with Gasteiger partial charge in [0.2, 0.25) is 0 Å². The largest absolute Gasteiger partial charge is 0.573 e. The molecule has 3 aromatic rings. The van der Waals surface area contributed by atoms with Crippen molar-refractivity contribution in [2.24, 2.45) is 0 Å². The zero-order valence-corrected chi connectivity index (χ0v) is 17.6. The van der Waals surface area contributed by atoms with Gasteiger partial charge in [-0.05, 0) is 52.9 Å². The molecule has 0 saturated heterocycles. The van der Waals surface area contributed by atoms with Gasteiger partial charge in [0.25, 0.3) is 0 Å². The van der Waals surface area contributed by atoms with Gasteiger partial charge in [0.1, 0.15) is 11.6 Å². The minimum atomic E-state index is -4.94. The molecule has 0 aromatic heterocycles. The molecule has 0 bridgehead atoms. The van der Waals surface area contributed by atoms with Crippen molar-refractivity contribution in [1.82, 2.24) is 0 Å². The van der Waals surface area contributed by atoms with Gasteiger partial charge in [-0.3, -0.25) is 0 Å². The Balaban J connectivity index is 1.73. The average molecular weight is 480 g/mol. The van der Waals surface area contributed by atoms with Crippen molar-refractivity contribution in [2.75, 3.05) is 0 Å². The van der Waals surface area contributed by atoms with Crippen molar-refractivity contribution < 1.29 is 35.5 Å². The maximum absolute atomic E-state index is 14.2. The topological polar surface area (TPSA) is 9.23 Å². The van der Waals surface area contributed by atoms with E-state index in [1.54, 1.807) is 12.1 Å². The highest BCUT2D eigenvalue weighted by Crippen LogP contribution is 2.35. The highest BCUT2D eigenvalue weighted by atomic mass is 19.4. The third-order valence-corrected chi connectivity index (χ3v) is 4.80. The molecule has 0 N–H and O–H groups in total. The van der Waals surface area contributed by atoms with Crippen molar-refractivity contribution in [3.63, 3.8) is 0 Å². The summed E-state index contributed by atoms with van der Waals surface area (Å²) in [6.07, 6.45) is -5.47. The van der Waals surface area contributed by atoms with Crippen LogP contribution in [0.2, 0.25) is 0 Å². The van der Waals surface area contributed by atoms with Crippen LogP contribution >= 0.6 is 0 Å². The van der Waals surface area contributed by atoms with E-state index in [4.69, 9.17) is 0 Å². The van der Waals surface area contributed by atoms with E-state index >= 15 is 0 Å². The molecule has 0 fully saturated rings. The van der Waals surface area contributed by atoms with Crippen LogP contribution in [-0.4, -0.2) is 12.5 Å². The summed E-state index contributed by atoms with van der Waals surface area (Å²) in [6.45, 7) is 0. The Kier molecular flexibility index (Phi) is 7.81. The monoisotopic (exact) mass is 480 g/mol. The van der Waals surface area contributed by atoms with Crippen molar-refractivity contribution >= 4 is 5.57 Å². The molecule has 0 aliphatic carbocycles. The van der Waals surface area contributed by atoms with E-state index in [2.05, 4.69) is 4.74 Å². The summed E-state index contributed by atoms with van der Waals surface area (Å²) < 4.78 is 95.0. The van der Waals surface area contributed by atoms with Crippen LogP contribution in [0.4, 0.5) is 30.7 Å². The summed E-state index contributed by atoms with van der Waals surface area (Å²) in [5, 5.41) is 0. The van der Waals surface area contributed by atoms with E-state index in [1.165, 1.54) is 18.2 Å². The fourth-order valence-corrected chi connectivity index (χ4v) is 3.27. The third-order valence-electron chi connectivity index (χ3n) is 4.80. The van der Waals surface area contributed by atoms with Gasteiger partial charge in [0.05, 0.1) is 5.57 Å². The highest BCUT2D eigenvalue weighted by molar-refractivity contribution is 5.71. The molecule has 0 saturated carbocycles. The lowest BCUT2D eigenvalue weighted by Gasteiger charge is -2.13. The average Bonchev–Trinajstić information content (AvgIpc) is 2.75. The first kappa shape index (κ1) is 25.1. The maximum atomic E-state index is 14.2. The van der Waals surface area contributed by atoms with Crippen LogP contribution in [0.1, 0.15) is 22.3 Å². The normalized spacial score (nSPS) is 12.9. The van der Waals surface area contributed by atoms with Gasteiger partial charge >= 0.3 is 12.5 Å². The molecular formula is C26H19F7O. The number of rotatable bonds is 7. The summed E-state index contributed by atoms with van der Waals surface area (Å²) in [6, 6.07) is 17.3. The van der Waals surface area contributed by atoms with E-state index in [9.17, 15) is 30.7 Å². The molecule has 0 unspecified atom stereocenters. The molecular weight excluding hydrogens is 461 g/mol. The van der Waals surface area contributed by atoms with Gasteiger partial charge in [-0.2, -0.15) is 13.2 Å². The molecule has 0 aliphatic rings. The fraction of sp³-hybridized carbons (Fsp3) is 0.154. The van der Waals surface area contributed by atoms with E-state index in [1.807, 2.05) is 30.3 Å². The van der Waals surface area contributed by atoms with Gasteiger partial charge in [-0.1, -0.05) is 66.7 Å². The molecule has 178 valence electrons. The summed E-state index contributed by atoms with van der Waals surface area (Å²) >= 11 is 0. The molecule has 3 rings (SSSR count). The Morgan fingerprint density at radius 1 is 0.794 bits per heavy atom. The van der Waals surface area contributed by atoms with E-state index in [0.29, 0.717) is 12.0 Å². The van der Waals surface area contributed by atoms with Crippen LogP contribution < -0.4 is 4.74 Å². The smallest absolute Gasteiger partial charge is 0.406 e. The number of hydrogen-bond acceptors (Lipinski definition) is 1. The van der Waals surface area contributed by atoms with Crippen LogP contribution in [0, 0.1) is 5.82 Å². The van der Waals surface area contributed by atoms with Gasteiger partial charge in [-0.25, -0.2) is 4.39 Å². The number of hydrogen-bond donors (Lipinski definition) is 0. The molecule has 8 heteroatoms. The second-order valence-corrected chi connectivity index (χ2v) is 7.37. The predicted molar refractivity (Wildman–Crippen MR) is 116 cm³/mol. The SMILES string of the molecule is Fc1ccc(CC=CC=C(c2ccc(OC(F)(F)F)cc2)C(F)(F)F)cc1Cc1ccccc1. The first-order valence-electron chi connectivity index (χ1n) is 10.1. The van der Waals surface area contributed by atoms with E-state index in [-0.39, 0.29) is 17.8 Å². The zero-order valence-electron chi connectivity index (χ0n) is 17.6. The summed E-state index contributed by atoms with van der Waals surface area (Å²) in [5.74, 6) is -0.982. The molecule has 0 spiro atoms. The molecule has 0 atom stereocenters. The van der Waals surface area contributed by atoms with E-state index < -0.39 is 23.9 Å². The maximum Gasteiger partial charge on any atom is 0.573 e. The molecule has 1 nitrogen and oxygen atoms in total.